The van der Waals surface area contributed by atoms with Crippen LogP contribution in [0.15, 0.2) is 88.2 Å². The third-order valence-corrected chi connectivity index (χ3v) is 7.24. The van der Waals surface area contributed by atoms with E-state index in [-0.39, 0.29) is 28.4 Å². The number of para-hydroxylation sites is 2. The maximum atomic E-state index is 13.3. The van der Waals surface area contributed by atoms with Crippen LogP contribution in [0.1, 0.15) is 16.7 Å². The number of nitrogens with two attached hydrogens (primary N) is 1. The zero-order valence-corrected chi connectivity index (χ0v) is 23.0. The number of hydrogen-bond acceptors (Lipinski definition) is 8. The number of benzene rings is 3. The highest BCUT2D eigenvalue weighted by Crippen LogP contribution is 2.42. The molecule has 0 aliphatic rings. The van der Waals surface area contributed by atoms with Crippen molar-refractivity contribution < 1.29 is 14.3 Å². The number of ether oxygens (including phenoxy) is 1. The lowest BCUT2D eigenvalue weighted by Crippen LogP contribution is -2.08. The van der Waals surface area contributed by atoms with E-state index in [1.165, 1.54) is 0 Å². The molecule has 9 heteroatoms. The molecule has 3 aromatic carbocycles. The number of anilines is 1. The fourth-order valence-corrected chi connectivity index (χ4v) is 5.15. The summed E-state index contributed by atoms with van der Waals surface area (Å²) >= 11 is 0. The molecular formula is C33H25N5O4. The minimum Gasteiger partial charge on any atom is -0.506 e. The first kappa shape index (κ1) is 26.3. The van der Waals surface area contributed by atoms with Crippen LogP contribution in [0.4, 0.5) is 5.82 Å². The van der Waals surface area contributed by atoms with Crippen LogP contribution in [0.5, 0.6) is 11.5 Å². The van der Waals surface area contributed by atoms with Crippen LogP contribution >= 0.6 is 0 Å². The molecule has 0 saturated carbocycles. The molecule has 3 heterocycles. The molecule has 3 N–H and O–H groups in total. The highest BCUT2D eigenvalue weighted by molar-refractivity contribution is 5.95. The molecular weight excluding hydrogens is 530 g/mol. The fourth-order valence-electron chi connectivity index (χ4n) is 5.15. The standard InChI is InChI=1S/C33H25N5O4/c1-18-13-14-19(2)31-27(18)30(39)28(33(40)42-31)25-15-22(23(16-34)32(35)36-25)24-17-38(20-9-5-4-6-10-20)37-29(24)21-11-7-8-12-26(21)41-3/h4-15,17,39H,1-3H3,(H2,35,36). The van der Waals surface area contributed by atoms with Gasteiger partial charge in [-0.25, -0.2) is 14.5 Å². The molecule has 3 aromatic heterocycles. The van der Waals surface area contributed by atoms with E-state index < -0.39 is 5.63 Å². The first-order valence-corrected chi connectivity index (χ1v) is 13.1. The molecule has 6 aromatic rings. The number of nitriles is 1. The maximum absolute atomic E-state index is 13.3. The number of rotatable bonds is 5. The van der Waals surface area contributed by atoms with Gasteiger partial charge in [-0.1, -0.05) is 42.5 Å². The molecule has 0 unspecified atom stereocenters. The molecule has 0 spiro atoms. The molecule has 206 valence electrons. The summed E-state index contributed by atoms with van der Waals surface area (Å²) in [6.45, 7) is 3.61. The van der Waals surface area contributed by atoms with Crippen LogP contribution in [0.2, 0.25) is 0 Å². The van der Waals surface area contributed by atoms with Crippen LogP contribution in [-0.2, 0) is 0 Å². The van der Waals surface area contributed by atoms with Gasteiger partial charge in [-0.3, -0.25) is 0 Å². The van der Waals surface area contributed by atoms with Gasteiger partial charge in [-0.15, -0.1) is 0 Å². The Morgan fingerprint density at radius 1 is 0.976 bits per heavy atom. The van der Waals surface area contributed by atoms with Gasteiger partial charge in [0.15, 0.2) is 0 Å². The summed E-state index contributed by atoms with van der Waals surface area (Å²) in [6, 6.07) is 24.3. The lowest BCUT2D eigenvalue weighted by Gasteiger charge is -2.13. The zero-order chi connectivity index (χ0) is 29.5. The molecule has 0 fully saturated rings. The molecule has 0 amide bonds. The van der Waals surface area contributed by atoms with E-state index in [2.05, 4.69) is 11.1 Å². The molecule has 0 radical (unpaired) electrons. The van der Waals surface area contributed by atoms with Crippen molar-refractivity contribution in [2.24, 2.45) is 0 Å². The Bertz CT molecular complexity index is 2110. The number of aromatic nitrogens is 3. The quantitative estimate of drug-likeness (QED) is 0.241. The number of fused-ring (bicyclic) bond motifs is 1. The van der Waals surface area contributed by atoms with Crippen molar-refractivity contribution in [3.63, 3.8) is 0 Å². The predicted molar refractivity (Wildman–Crippen MR) is 161 cm³/mol. The van der Waals surface area contributed by atoms with Crippen LogP contribution < -0.4 is 16.1 Å². The smallest absolute Gasteiger partial charge is 0.349 e. The summed E-state index contributed by atoms with van der Waals surface area (Å²) in [5.41, 5.74) is 10.2. The number of hydrogen-bond donors (Lipinski definition) is 2. The number of nitrogens with zero attached hydrogens (tertiary/aromatic N) is 4. The van der Waals surface area contributed by atoms with Crippen LogP contribution in [0.25, 0.3) is 50.3 Å². The number of aromatic hydroxyl groups is 1. The van der Waals surface area contributed by atoms with Crippen molar-refractivity contribution in [2.75, 3.05) is 12.8 Å². The van der Waals surface area contributed by atoms with Gasteiger partial charge in [0.05, 0.1) is 23.9 Å². The molecule has 0 saturated heterocycles. The number of pyridine rings is 1. The van der Waals surface area contributed by atoms with Crippen molar-refractivity contribution in [3.8, 4) is 56.9 Å². The third-order valence-electron chi connectivity index (χ3n) is 7.24. The van der Waals surface area contributed by atoms with Gasteiger partial charge in [0, 0.05) is 22.9 Å². The van der Waals surface area contributed by atoms with Crippen molar-refractivity contribution >= 4 is 16.8 Å². The molecule has 42 heavy (non-hydrogen) atoms. The highest BCUT2D eigenvalue weighted by atomic mass is 16.5. The lowest BCUT2D eigenvalue weighted by molar-refractivity contribution is 0.416. The van der Waals surface area contributed by atoms with Crippen molar-refractivity contribution in [1.82, 2.24) is 14.8 Å². The second kappa shape index (κ2) is 10.3. The average molecular weight is 556 g/mol. The van der Waals surface area contributed by atoms with Crippen molar-refractivity contribution in [3.05, 3.63) is 106 Å². The second-order valence-electron chi connectivity index (χ2n) is 9.82. The normalized spacial score (nSPS) is 11.0. The second-order valence-corrected chi connectivity index (χ2v) is 9.82. The van der Waals surface area contributed by atoms with Gasteiger partial charge in [-0.2, -0.15) is 10.4 Å². The van der Waals surface area contributed by atoms with E-state index in [4.69, 9.17) is 20.0 Å². The SMILES string of the molecule is COc1ccccc1-c1nn(-c2ccccc2)cc1-c1cc(-c2c(O)c3c(C)ccc(C)c3oc2=O)nc(N)c1C#N. The Labute approximate surface area is 240 Å². The van der Waals surface area contributed by atoms with Crippen molar-refractivity contribution in [1.29, 1.82) is 5.26 Å². The molecule has 0 bridgehead atoms. The fraction of sp³-hybridized carbons (Fsp3) is 0.0909. The summed E-state index contributed by atoms with van der Waals surface area (Å²) in [5, 5.41) is 26.8. The van der Waals surface area contributed by atoms with E-state index in [1.807, 2.05) is 73.7 Å². The summed E-state index contributed by atoms with van der Waals surface area (Å²) < 4.78 is 13.0. The van der Waals surface area contributed by atoms with Gasteiger partial charge < -0.3 is 20.0 Å². The Balaban J connectivity index is 1.67. The average Bonchev–Trinajstić information content (AvgIpc) is 3.44. The number of aryl methyl sites for hydroxylation is 2. The molecule has 0 aliphatic carbocycles. The summed E-state index contributed by atoms with van der Waals surface area (Å²) in [6.07, 6.45) is 1.78. The van der Waals surface area contributed by atoms with E-state index in [0.717, 1.165) is 11.3 Å². The highest BCUT2D eigenvalue weighted by Gasteiger charge is 2.25. The molecule has 0 atom stereocenters. The van der Waals surface area contributed by atoms with Gasteiger partial charge in [0.1, 0.15) is 45.8 Å². The maximum Gasteiger partial charge on any atom is 0.349 e. The zero-order valence-electron chi connectivity index (χ0n) is 23.0. The Kier molecular flexibility index (Phi) is 6.44. The monoisotopic (exact) mass is 555 g/mol. The molecule has 6 rings (SSSR count). The van der Waals surface area contributed by atoms with Crippen LogP contribution in [0.3, 0.4) is 0 Å². The molecule has 9 nitrogen and oxygen atoms in total. The van der Waals surface area contributed by atoms with Gasteiger partial charge >= 0.3 is 5.63 Å². The first-order chi connectivity index (χ1) is 20.3. The molecule has 0 aliphatic heterocycles. The van der Waals surface area contributed by atoms with E-state index >= 15 is 0 Å². The summed E-state index contributed by atoms with van der Waals surface area (Å²) in [5.74, 6) is 0.203. The minimum absolute atomic E-state index is 0.0639. The Morgan fingerprint density at radius 3 is 2.43 bits per heavy atom. The minimum atomic E-state index is -0.777. The third kappa shape index (κ3) is 4.22. The predicted octanol–water partition coefficient (Wildman–Crippen LogP) is 6.16. The van der Waals surface area contributed by atoms with Gasteiger partial charge in [0.2, 0.25) is 0 Å². The Hall–Kier alpha value is -5.88. The van der Waals surface area contributed by atoms with E-state index in [9.17, 15) is 15.2 Å². The van der Waals surface area contributed by atoms with Gasteiger partial charge in [0.25, 0.3) is 0 Å². The largest absolute Gasteiger partial charge is 0.506 e. The first-order valence-electron chi connectivity index (χ1n) is 13.1. The van der Waals surface area contributed by atoms with Gasteiger partial charge in [-0.05, 0) is 55.3 Å². The van der Waals surface area contributed by atoms with Crippen LogP contribution in [0, 0.1) is 25.2 Å². The van der Waals surface area contributed by atoms with E-state index in [0.29, 0.717) is 44.7 Å². The summed E-state index contributed by atoms with van der Waals surface area (Å²) in [7, 11) is 1.57. The van der Waals surface area contributed by atoms with Crippen molar-refractivity contribution in [2.45, 2.75) is 13.8 Å². The topological polar surface area (TPSA) is 140 Å². The summed E-state index contributed by atoms with van der Waals surface area (Å²) in [4.78, 5) is 17.7. The number of methoxy groups -OCH3 is 1. The van der Waals surface area contributed by atoms with Crippen LogP contribution in [-0.4, -0.2) is 27.0 Å². The Morgan fingerprint density at radius 2 is 1.69 bits per heavy atom. The lowest BCUT2D eigenvalue weighted by atomic mass is 9.95. The van der Waals surface area contributed by atoms with E-state index in [1.54, 1.807) is 31.0 Å². The number of nitrogen functional groups attached to an aromatic ring is 1.